The lowest BCUT2D eigenvalue weighted by Gasteiger charge is -2.29. The molecule has 154 valence electrons. The molecule has 1 aliphatic carbocycles. The van der Waals surface area contributed by atoms with Crippen molar-refractivity contribution < 1.29 is 19.9 Å². The van der Waals surface area contributed by atoms with E-state index in [0.29, 0.717) is 11.1 Å². The first-order valence-electron chi connectivity index (χ1n) is 9.54. The number of benzene rings is 1. The Hall–Kier alpha value is -2.84. The Morgan fingerprint density at radius 3 is 2.31 bits per heavy atom. The van der Waals surface area contributed by atoms with E-state index in [0.717, 1.165) is 25.7 Å². The van der Waals surface area contributed by atoms with Gasteiger partial charge in [0.1, 0.15) is 6.04 Å². The van der Waals surface area contributed by atoms with E-state index < -0.39 is 23.4 Å². The topological polar surface area (TPSA) is 125 Å². The molecule has 2 amide bonds. The third kappa shape index (κ3) is 6.92. The molecule has 0 bridgehead atoms. The van der Waals surface area contributed by atoms with Crippen LogP contribution in [0.3, 0.4) is 0 Å². The van der Waals surface area contributed by atoms with Crippen LogP contribution in [0.2, 0.25) is 0 Å². The predicted octanol–water partition coefficient (Wildman–Crippen LogP) is 0.934. The van der Waals surface area contributed by atoms with Gasteiger partial charge in [0, 0.05) is 22.6 Å². The molecule has 1 aliphatic rings. The lowest BCUT2D eigenvalue weighted by atomic mass is 9.88. The fraction of sp³-hybridized carbons (Fsp3) is 0.455. The van der Waals surface area contributed by atoms with Gasteiger partial charge in [-0.1, -0.05) is 11.8 Å². The Morgan fingerprint density at radius 2 is 1.76 bits per heavy atom. The number of hydrogen-bond donors (Lipinski definition) is 5. The summed E-state index contributed by atoms with van der Waals surface area (Å²) in [4.78, 5) is 24.1. The molecule has 2 rings (SSSR count). The van der Waals surface area contributed by atoms with E-state index in [2.05, 4.69) is 29.0 Å². The molecular weight excluding hydrogens is 370 g/mol. The van der Waals surface area contributed by atoms with Crippen molar-refractivity contribution in [3.8, 4) is 23.7 Å². The van der Waals surface area contributed by atoms with Crippen LogP contribution in [0.25, 0.3) is 0 Å². The number of amides is 2. The maximum absolute atomic E-state index is 12.4. The van der Waals surface area contributed by atoms with Gasteiger partial charge in [0.15, 0.2) is 0 Å². The van der Waals surface area contributed by atoms with Crippen LogP contribution in [-0.4, -0.2) is 39.8 Å². The summed E-state index contributed by atoms with van der Waals surface area (Å²) in [6.45, 7) is 3.14. The van der Waals surface area contributed by atoms with E-state index in [1.807, 2.05) is 0 Å². The highest BCUT2D eigenvalue weighted by molar-refractivity contribution is 5.97. The van der Waals surface area contributed by atoms with Crippen molar-refractivity contribution in [3.05, 3.63) is 35.4 Å². The number of nitrogens with two attached hydrogens (primary N) is 1. The summed E-state index contributed by atoms with van der Waals surface area (Å²) < 4.78 is 0. The number of rotatable bonds is 4. The third-order valence-electron chi connectivity index (χ3n) is 4.78. The first kappa shape index (κ1) is 22.4. The van der Waals surface area contributed by atoms with Gasteiger partial charge in [0.05, 0.1) is 6.10 Å². The summed E-state index contributed by atoms with van der Waals surface area (Å²) in [6, 6.07) is 5.46. The summed E-state index contributed by atoms with van der Waals surface area (Å²) in [6.07, 6.45) is 3.18. The molecule has 0 aromatic heterocycles. The minimum Gasteiger partial charge on any atom is -0.393 e. The first-order chi connectivity index (χ1) is 13.7. The largest absolute Gasteiger partial charge is 0.393 e. The number of carbonyl (C=O) groups is 2. The second kappa shape index (κ2) is 10.1. The van der Waals surface area contributed by atoms with Crippen LogP contribution in [-0.2, 0) is 4.79 Å². The van der Waals surface area contributed by atoms with Crippen molar-refractivity contribution in [2.75, 3.05) is 0 Å². The smallest absolute Gasteiger partial charge is 0.267 e. The molecule has 0 spiro atoms. The molecular formula is C22H27N3O4. The van der Waals surface area contributed by atoms with E-state index in [1.165, 1.54) is 5.48 Å². The molecule has 7 nitrogen and oxygen atoms in total. The molecule has 0 saturated heterocycles. The summed E-state index contributed by atoms with van der Waals surface area (Å²) >= 11 is 0. The number of hydrogen-bond acceptors (Lipinski definition) is 5. The van der Waals surface area contributed by atoms with E-state index in [-0.39, 0.29) is 12.0 Å². The van der Waals surface area contributed by atoms with Crippen LogP contribution in [0.4, 0.5) is 0 Å². The number of hydroxylamine groups is 1. The van der Waals surface area contributed by atoms with E-state index >= 15 is 0 Å². The quantitative estimate of drug-likeness (QED) is 0.294. The van der Waals surface area contributed by atoms with Crippen molar-refractivity contribution in [2.24, 2.45) is 11.7 Å². The third-order valence-corrected chi connectivity index (χ3v) is 4.78. The van der Waals surface area contributed by atoms with E-state index in [9.17, 15) is 14.7 Å². The summed E-state index contributed by atoms with van der Waals surface area (Å²) in [7, 11) is 0. The molecule has 1 aromatic rings. The molecule has 0 heterocycles. The number of aliphatic hydroxyl groups excluding tert-OH is 1. The highest BCUT2D eigenvalue weighted by atomic mass is 16.5. The fourth-order valence-electron chi connectivity index (χ4n) is 3.04. The van der Waals surface area contributed by atoms with Crippen LogP contribution in [0.5, 0.6) is 0 Å². The van der Waals surface area contributed by atoms with Crippen molar-refractivity contribution in [1.82, 2.24) is 10.8 Å². The van der Waals surface area contributed by atoms with Crippen LogP contribution in [0.15, 0.2) is 24.3 Å². The van der Waals surface area contributed by atoms with Crippen molar-refractivity contribution >= 4 is 11.8 Å². The molecule has 1 saturated carbocycles. The zero-order valence-electron chi connectivity index (χ0n) is 16.7. The van der Waals surface area contributed by atoms with E-state index in [4.69, 9.17) is 10.9 Å². The van der Waals surface area contributed by atoms with Gasteiger partial charge in [-0.05, 0) is 75.6 Å². The zero-order chi connectivity index (χ0) is 21.4. The van der Waals surface area contributed by atoms with Gasteiger partial charge in [0.2, 0.25) is 0 Å². The van der Waals surface area contributed by atoms with Gasteiger partial charge in [-0.15, -0.1) is 0 Å². The lowest BCUT2D eigenvalue weighted by molar-refractivity contribution is -0.132. The summed E-state index contributed by atoms with van der Waals surface area (Å²) in [5, 5.41) is 20.9. The second-order valence-electron chi connectivity index (χ2n) is 7.81. The molecule has 0 unspecified atom stereocenters. The van der Waals surface area contributed by atoms with Gasteiger partial charge < -0.3 is 16.2 Å². The van der Waals surface area contributed by atoms with Crippen LogP contribution in [0, 0.1) is 29.6 Å². The van der Waals surface area contributed by atoms with Gasteiger partial charge in [-0.2, -0.15) is 0 Å². The second-order valence-corrected chi connectivity index (χ2v) is 7.81. The standard InChI is InChI=1S/C22H27N3O4/c1-22(2,23)19(21(28)25-29)24-20(27)17-11-7-15(8-12-17)5-3-4-6-16-9-13-18(26)14-10-16/h7-8,11-12,16,18-19,26,29H,9-10,13-14,23H2,1-2H3,(H,24,27)(H,25,28)/t16-,18+,19-/m1/s1. The lowest BCUT2D eigenvalue weighted by Crippen LogP contribution is -2.61. The van der Waals surface area contributed by atoms with Gasteiger partial charge in [-0.25, -0.2) is 5.48 Å². The minimum atomic E-state index is -1.10. The van der Waals surface area contributed by atoms with Gasteiger partial charge in [-0.3, -0.25) is 14.8 Å². The molecule has 29 heavy (non-hydrogen) atoms. The SMILES string of the molecule is CC(C)(N)[C@H](NC(=O)c1ccc(C#CC#C[C@H]2CC[C@@H](O)CC2)cc1)C(=O)NO. The molecule has 6 N–H and O–H groups in total. The Morgan fingerprint density at radius 1 is 1.14 bits per heavy atom. The number of nitrogens with one attached hydrogen (secondary N) is 2. The Bertz CT molecular complexity index is 843. The molecule has 1 fully saturated rings. The van der Waals surface area contributed by atoms with Gasteiger partial charge >= 0.3 is 0 Å². The van der Waals surface area contributed by atoms with Gasteiger partial charge in [0.25, 0.3) is 11.8 Å². The minimum absolute atomic E-state index is 0.195. The Balaban J connectivity index is 1.98. The molecule has 7 heteroatoms. The monoisotopic (exact) mass is 397 g/mol. The summed E-state index contributed by atoms with van der Waals surface area (Å²) in [5.74, 6) is 10.7. The Labute approximate surface area is 171 Å². The first-order valence-corrected chi connectivity index (χ1v) is 9.54. The zero-order valence-corrected chi connectivity index (χ0v) is 16.7. The Kier molecular flexibility index (Phi) is 7.81. The van der Waals surface area contributed by atoms with Crippen molar-refractivity contribution in [1.29, 1.82) is 0 Å². The van der Waals surface area contributed by atoms with Crippen molar-refractivity contribution in [2.45, 2.75) is 57.2 Å². The fourth-order valence-corrected chi connectivity index (χ4v) is 3.04. The average Bonchev–Trinajstić information content (AvgIpc) is 2.69. The maximum atomic E-state index is 12.4. The summed E-state index contributed by atoms with van der Waals surface area (Å²) in [5.41, 5.74) is 7.40. The number of aliphatic hydroxyl groups is 1. The molecule has 0 aliphatic heterocycles. The highest BCUT2D eigenvalue weighted by Gasteiger charge is 2.33. The van der Waals surface area contributed by atoms with E-state index in [1.54, 1.807) is 38.1 Å². The normalized spacial score (nSPS) is 19.6. The maximum Gasteiger partial charge on any atom is 0.267 e. The average molecular weight is 397 g/mol. The molecule has 1 aromatic carbocycles. The molecule has 0 radical (unpaired) electrons. The highest BCUT2D eigenvalue weighted by Crippen LogP contribution is 2.23. The van der Waals surface area contributed by atoms with Crippen molar-refractivity contribution in [3.63, 3.8) is 0 Å². The molecule has 1 atom stereocenters. The van der Waals surface area contributed by atoms with Crippen LogP contribution in [0.1, 0.15) is 55.5 Å². The predicted molar refractivity (Wildman–Crippen MR) is 109 cm³/mol. The van der Waals surface area contributed by atoms with Crippen LogP contribution >= 0.6 is 0 Å². The van der Waals surface area contributed by atoms with Crippen LogP contribution < -0.4 is 16.5 Å². The number of carbonyl (C=O) groups excluding carboxylic acids is 2.